The van der Waals surface area contributed by atoms with Crippen LogP contribution in [0.5, 0.6) is 0 Å². The average molecular weight is 682 g/mol. The third-order valence-electron chi connectivity index (χ3n) is 8.57. The Hall–Kier alpha value is -3.43. The van der Waals surface area contributed by atoms with Gasteiger partial charge >= 0.3 is 6.09 Å². The van der Waals surface area contributed by atoms with Crippen molar-refractivity contribution < 1.29 is 29.0 Å². The fourth-order valence-electron chi connectivity index (χ4n) is 5.63. The van der Waals surface area contributed by atoms with Gasteiger partial charge in [-0.05, 0) is 43.2 Å². The first kappa shape index (κ1) is 41.7. The molecule has 49 heavy (non-hydrogen) atoms. The fourth-order valence-corrected chi connectivity index (χ4v) is 5.63. The lowest BCUT2D eigenvalue weighted by atomic mass is 10.0. The van der Waals surface area contributed by atoms with Crippen molar-refractivity contribution in [1.29, 1.82) is 0 Å². The molecule has 0 saturated carbocycles. The number of carbonyl (C=O) groups is 3. The van der Waals surface area contributed by atoms with E-state index in [-0.39, 0.29) is 43.6 Å². The van der Waals surface area contributed by atoms with Crippen LogP contribution < -0.4 is 16.0 Å². The minimum atomic E-state index is -0.440. The van der Waals surface area contributed by atoms with Gasteiger partial charge in [0.2, 0.25) is 11.8 Å². The number of unbranched alkanes of at least 4 members (excludes halogenated alkanes) is 10. The fraction of sp³-hybridized carbons (Fsp3) is 0.625. The van der Waals surface area contributed by atoms with E-state index in [0.29, 0.717) is 39.0 Å². The van der Waals surface area contributed by atoms with Gasteiger partial charge in [-0.1, -0.05) is 132 Å². The minimum Gasteiger partial charge on any atom is -0.445 e. The van der Waals surface area contributed by atoms with Crippen LogP contribution >= 0.6 is 0 Å². The van der Waals surface area contributed by atoms with E-state index in [0.717, 1.165) is 49.7 Å². The number of aliphatic hydroxyl groups excluding tert-OH is 1. The molecule has 0 aliphatic carbocycles. The summed E-state index contributed by atoms with van der Waals surface area (Å²) >= 11 is 0. The quantitative estimate of drug-likeness (QED) is 0.0651. The highest BCUT2D eigenvalue weighted by molar-refractivity contribution is 5.77. The van der Waals surface area contributed by atoms with Crippen LogP contribution in [0.2, 0.25) is 0 Å². The smallest absolute Gasteiger partial charge is 0.407 e. The van der Waals surface area contributed by atoms with E-state index >= 15 is 0 Å². The molecular formula is C40H63N3O6. The predicted molar refractivity (Wildman–Crippen MR) is 196 cm³/mol. The summed E-state index contributed by atoms with van der Waals surface area (Å²) in [6, 6.07) is 19.2. The van der Waals surface area contributed by atoms with Crippen molar-refractivity contribution in [2.24, 2.45) is 0 Å². The van der Waals surface area contributed by atoms with Gasteiger partial charge in [0.05, 0.1) is 31.8 Å². The molecule has 0 radical (unpaired) electrons. The number of benzene rings is 2. The van der Waals surface area contributed by atoms with Crippen molar-refractivity contribution in [3.05, 3.63) is 71.8 Å². The van der Waals surface area contributed by atoms with Crippen molar-refractivity contribution in [1.82, 2.24) is 16.0 Å². The highest BCUT2D eigenvalue weighted by Crippen LogP contribution is 2.16. The summed E-state index contributed by atoms with van der Waals surface area (Å²) in [6.45, 7) is 3.79. The second-order valence-electron chi connectivity index (χ2n) is 13.0. The van der Waals surface area contributed by atoms with E-state index in [1.54, 1.807) is 0 Å². The summed E-state index contributed by atoms with van der Waals surface area (Å²) in [7, 11) is 0. The minimum absolute atomic E-state index is 0.0188. The van der Waals surface area contributed by atoms with Crippen LogP contribution in [-0.4, -0.2) is 54.9 Å². The molecule has 9 heteroatoms. The van der Waals surface area contributed by atoms with E-state index in [1.807, 2.05) is 60.7 Å². The number of aliphatic hydroxyl groups is 1. The van der Waals surface area contributed by atoms with Gasteiger partial charge in [-0.15, -0.1) is 0 Å². The molecule has 274 valence electrons. The van der Waals surface area contributed by atoms with Crippen LogP contribution in [0, 0.1) is 0 Å². The van der Waals surface area contributed by atoms with Crippen LogP contribution in [-0.2, 0) is 32.3 Å². The number of carbonyl (C=O) groups excluding carboxylic acids is 3. The van der Waals surface area contributed by atoms with Crippen LogP contribution in [0.3, 0.4) is 0 Å². The standard InChI is InChI=1S/C40H63N3O6/c1-2-3-4-5-6-7-8-9-17-26-37(48-32-34-21-13-10-14-22-34)30-39(46)43-36(31-44)25-20-29-41-38(45)27-18-12-19-28-42-40(47)49-33-35-23-15-11-16-24-35/h10-11,13-16,21-24,36-37,44H,2-9,12,17-20,25-33H2,1H3,(H,41,45)(H,42,47)(H,43,46)/t36-,37?/m1/s1. The summed E-state index contributed by atoms with van der Waals surface area (Å²) in [5.41, 5.74) is 2.03. The van der Waals surface area contributed by atoms with Gasteiger partial charge in [-0.2, -0.15) is 0 Å². The molecule has 0 saturated heterocycles. The number of hydrogen-bond donors (Lipinski definition) is 4. The molecule has 4 N–H and O–H groups in total. The Bertz CT molecular complexity index is 1120. The maximum Gasteiger partial charge on any atom is 0.407 e. The molecule has 0 bridgehead atoms. The third kappa shape index (κ3) is 22.8. The highest BCUT2D eigenvalue weighted by Gasteiger charge is 2.18. The Balaban J connectivity index is 1.57. The van der Waals surface area contributed by atoms with Crippen molar-refractivity contribution in [3.63, 3.8) is 0 Å². The normalized spacial score (nSPS) is 12.2. The number of hydrogen-bond acceptors (Lipinski definition) is 6. The molecule has 2 rings (SSSR count). The SMILES string of the molecule is CCCCCCCCCCCC(CC(=O)N[C@@H](CO)CCCNC(=O)CCCCCNC(=O)OCc1ccccc1)OCc1ccccc1. The number of amides is 3. The molecule has 0 aliphatic heterocycles. The molecule has 0 aromatic heterocycles. The maximum atomic E-state index is 13.0. The molecule has 0 spiro atoms. The van der Waals surface area contributed by atoms with Crippen LogP contribution in [0.15, 0.2) is 60.7 Å². The molecule has 2 atom stereocenters. The summed E-state index contributed by atoms with van der Waals surface area (Å²) in [5, 5.41) is 18.5. The zero-order valence-corrected chi connectivity index (χ0v) is 30.0. The molecule has 3 amide bonds. The van der Waals surface area contributed by atoms with E-state index in [2.05, 4.69) is 22.9 Å². The zero-order chi connectivity index (χ0) is 35.2. The predicted octanol–water partition coefficient (Wildman–Crippen LogP) is 7.74. The Morgan fingerprint density at radius 3 is 1.90 bits per heavy atom. The van der Waals surface area contributed by atoms with E-state index in [4.69, 9.17) is 9.47 Å². The lowest BCUT2D eigenvalue weighted by molar-refractivity contribution is -0.125. The van der Waals surface area contributed by atoms with Gasteiger partial charge in [-0.3, -0.25) is 9.59 Å². The molecule has 0 heterocycles. The maximum absolute atomic E-state index is 13.0. The van der Waals surface area contributed by atoms with Gasteiger partial charge in [0.25, 0.3) is 0 Å². The van der Waals surface area contributed by atoms with Gasteiger partial charge in [-0.25, -0.2) is 4.79 Å². The van der Waals surface area contributed by atoms with Crippen molar-refractivity contribution in [2.45, 2.75) is 141 Å². The van der Waals surface area contributed by atoms with Gasteiger partial charge in [0.15, 0.2) is 0 Å². The van der Waals surface area contributed by atoms with Crippen LogP contribution in [0.4, 0.5) is 4.79 Å². The highest BCUT2D eigenvalue weighted by atomic mass is 16.5. The first-order chi connectivity index (χ1) is 24.0. The number of ether oxygens (including phenoxy) is 2. The summed E-state index contributed by atoms with van der Waals surface area (Å²) in [5.74, 6) is -0.134. The summed E-state index contributed by atoms with van der Waals surface area (Å²) in [6.07, 6.45) is 15.7. The summed E-state index contributed by atoms with van der Waals surface area (Å²) in [4.78, 5) is 37.0. The summed E-state index contributed by atoms with van der Waals surface area (Å²) < 4.78 is 11.4. The number of alkyl carbamates (subject to hydrolysis) is 1. The lowest BCUT2D eigenvalue weighted by Crippen LogP contribution is -2.39. The Kier molecular flexibility index (Phi) is 24.2. The van der Waals surface area contributed by atoms with Crippen molar-refractivity contribution in [2.75, 3.05) is 19.7 Å². The van der Waals surface area contributed by atoms with Crippen molar-refractivity contribution in [3.8, 4) is 0 Å². The van der Waals surface area contributed by atoms with Crippen molar-refractivity contribution >= 4 is 17.9 Å². The van der Waals surface area contributed by atoms with E-state index in [9.17, 15) is 19.5 Å². The van der Waals surface area contributed by atoms with E-state index < -0.39 is 6.09 Å². The first-order valence-corrected chi connectivity index (χ1v) is 18.8. The third-order valence-corrected chi connectivity index (χ3v) is 8.57. The zero-order valence-electron chi connectivity index (χ0n) is 30.0. The first-order valence-electron chi connectivity index (χ1n) is 18.8. The molecule has 2 aromatic rings. The number of nitrogens with one attached hydrogen (secondary N) is 3. The molecule has 2 aromatic carbocycles. The molecule has 9 nitrogen and oxygen atoms in total. The van der Waals surface area contributed by atoms with E-state index in [1.165, 1.54) is 44.9 Å². The van der Waals surface area contributed by atoms with Gasteiger partial charge in [0.1, 0.15) is 6.61 Å². The molecular weight excluding hydrogens is 618 g/mol. The topological polar surface area (TPSA) is 126 Å². The Labute approximate surface area is 295 Å². The second-order valence-corrected chi connectivity index (χ2v) is 13.0. The monoisotopic (exact) mass is 681 g/mol. The largest absolute Gasteiger partial charge is 0.445 e. The average Bonchev–Trinajstić information content (AvgIpc) is 3.12. The molecule has 0 aliphatic rings. The molecule has 1 unspecified atom stereocenters. The Morgan fingerprint density at radius 1 is 0.653 bits per heavy atom. The number of rotatable bonds is 29. The lowest BCUT2D eigenvalue weighted by Gasteiger charge is -2.21. The van der Waals surface area contributed by atoms with Crippen LogP contribution in [0.1, 0.15) is 127 Å². The van der Waals surface area contributed by atoms with Gasteiger partial charge in [0, 0.05) is 19.5 Å². The van der Waals surface area contributed by atoms with Gasteiger partial charge < -0.3 is 30.5 Å². The second kappa shape index (κ2) is 28.4. The van der Waals surface area contributed by atoms with Crippen LogP contribution in [0.25, 0.3) is 0 Å². The Morgan fingerprint density at radius 2 is 1.24 bits per heavy atom. The molecule has 0 fully saturated rings.